The zero-order chi connectivity index (χ0) is 18.4. The second-order valence-corrected chi connectivity index (χ2v) is 6.18. The molecule has 130 valence electrons. The molecular weight excluding hydrogens is 317 g/mol. The van der Waals surface area contributed by atoms with E-state index >= 15 is 0 Å². The van der Waals surface area contributed by atoms with Crippen LogP contribution in [0.25, 0.3) is 5.57 Å². The molecule has 0 spiro atoms. The van der Waals surface area contributed by atoms with Gasteiger partial charge in [-0.05, 0) is 65.8 Å². The average molecular weight is 339 g/mol. The van der Waals surface area contributed by atoms with Crippen LogP contribution < -0.4 is 0 Å². The van der Waals surface area contributed by atoms with E-state index in [2.05, 4.69) is 0 Å². The molecule has 1 atom stereocenters. The fourth-order valence-electron chi connectivity index (χ4n) is 2.69. The lowest BCUT2D eigenvalue weighted by atomic mass is 9.88. The third-order valence-corrected chi connectivity index (χ3v) is 4.20. The first kappa shape index (κ1) is 18.6. The Morgan fingerprint density at radius 3 is 2.48 bits per heavy atom. The van der Waals surface area contributed by atoms with Crippen molar-refractivity contribution in [2.75, 3.05) is 0 Å². The van der Waals surface area contributed by atoms with E-state index in [4.69, 9.17) is 10.5 Å². The van der Waals surface area contributed by atoms with Crippen LogP contribution in [0.5, 0.6) is 0 Å². The Hall–Kier alpha value is -2.75. The summed E-state index contributed by atoms with van der Waals surface area (Å²) in [5.74, 6) is -1.14. The fourth-order valence-corrected chi connectivity index (χ4v) is 2.69. The predicted octanol–water partition coefficient (Wildman–Crippen LogP) is 5.09. The van der Waals surface area contributed by atoms with Crippen molar-refractivity contribution in [2.24, 2.45) is 5.92 Å². The van der Waals surface area contributed by atoms with Crippen molar-refractivity contribution in [3.63, 3.8) is 0 Å². The first-order chi connectivity index (χ1) is 11.9. The number of aryl methyl sites for hydroxylation is 1. The summed E-state index contributed by atoms with van der Waals surface area (Å²) in [6.07, 6.45) is 2.33. The maximum atomic E-state index is 13.5. The molecule has 25 heavy (non-hydrogen) atoms. The second-order valence-electron chi connectivity index (χ2n) is 6.18. The molecule has 2 aromatic rings. The molecule has 3 nitrogen and oxygen atoms in total. The topological polar surface area (TPSA) is 61.2 Å². The first-order valence-electron chi connectivity index (χ1n) is 8.22. The lowest BCUT2D eigenvalue weighted by molar-refractivity contribution is -0.137. The summed E-state index contributed by atoms with van der Waals surface area (Å²) in [6.45, 7) is 3.63. The van der Waals surface area contributed by atoms with Crippen LogP contribution in [0.1, 0.15) is 36.5 Å². The number of allylic oxidation sites excluding steroid dienone is 2. The number of hydrogen-bond donors (Lipinski definition) is 2. The van der Waals surface area contributed by atoms with Crippen molar-refractivity contribution in [2.45, 2.75) is 26.7 Å². The largest absolute Gasteiger partial charge is 0.481 e. The average Bonchev–Trinajstić information content (AvgIpc) is 2.60. The summed E-state index contributed by atoms with van der Waals surface area (Å²) >= 11 is 0. The highest BCUT2D eigenvalue weighted by Crippen LogP contribution is 2.27. The molecule has 0 saturated heterocycles. The molecule has 1 unspecified atom stereocenters. The van der Waals surface area contributed by atoms with Crippen LogP contribution >= 0.6 is 0 Å². The minimum Gasteiger partial charge on any atom is -0.481 e. The molecule has 0 bridgehead atoms. The van der Waals surface area contributed by atoms with Gasteiger partial charge in [-0.2, -0.15) is 0 Å². The van der Waals surface area contributed by atoms with Gasteiger partial charge in [0.15, 0.2) is 0 Å². The Labute approximate surface area is 147 Å². The van der Waals surface area contributed by atoms with Crippen molar-refractivity contribution < 1.29 is 14.3 Å². The van der Waals surface area contributed by atoms with Gasteiger partial charge in [0, 0.05) is 6.42 Å². The van der Waals surface area contributed by atoms with Crippen LogP contribution in [0.3, 0.4) is 0 Å². The Kier molecular flexibility index (Phi) is 6.23. The van der Waals surface area contributed by atoms with Gasteiger partial charge in [0.2, 0.25) is 0 Å². The number of aliphatic carboxylic acids is 1. The molecule has 0 fully saturated rings. The minimum atomic E-state index is -0.830. The summed E-state index contributed by atoms with van der Waals surface area (Å²) < 4.78 is 13.5. The van der Waals surface area contributed by atoms with Crippen LogP contribution in [-0.2, 0) is 4.79 Å². The molecule has 2 N–H and O–H groups in total. The van der Waals surface area contributed by atoms with Crippen LogP contribution in [0.2, 0.25) is 0 Å². The van der Waals surface area contributed by atoms with Crippen molar-refractivity contribution in [3.05, 3.63) is 77.1 Å². The number of carbonyl (C=O) groups is 1. The molecule has 0 amide bonds. The van der Waals surface area contributed by atoms with Gasteiger partial charge in [-0.25, -0.2) is 4.39 Å². The van der Waals surface area contributed by atoms with Gasteiger partial charge in [0.25, 0.3) is 0 Å². The van der Waals surface area contributed by atoms with E-state index in [9.17, 15) is 9.18 Å². The quantitative estimate of drug-likeness (QED) is 0.691. The zero-order valence-corrected chi connectivity index (χ0v) is 14.4. The Bertz CT molecular complexity index is 797. The SMILES string of the molecule is Cc1cc(C(=N)C=C(c2ccccc2)C(C)CCC(=O)O)ccc1F. The van der Waals surface area contributed by atoms with Gasteiger partial charge in [0.05, 0.1) is 5.71 Å². The minimum absolute atomic E-state index is 0.0135. The van der Waals surface area contributed by atoms with E-state index in [0.29, 0.717) is 17.5 Å². The molecule has 0 aliphatic heterocycles. The number of benzene rings is 2. The van der Waals surface area contributed by atoms with Crippen LogP contribution in [0.4, 0.5) is 4.39 Å². The van der Waals surface area contributed by atoms with E-state index in [0.717, 1.165) is 11.1 Å². The zero-order valence-electron chi connectivity index (χ0n) is 14.4. The molecule has 4 heteroatoms. The van der Waals surface area contributed by atoms with Crippen molar-refractivity contribution in [1.29, 1.82) is 5.41 Å². The number of carboxylic acids is 1. The lowest BCUT2D eigenvalue weighted by Crippen LogP contribution is -2.06. The molecule has 0 aliphatic rings. The second kappa shape index (κ2) is 8.38. The highest BCUT2D eigenvalue weighted by Gasteiger charge is 2.14. The fraction of sp³-hybridized carbons (Fsp3) is 0.238. The number of nitrogens with one attached hydrogen (secondary N) is 1. The smallest absolute Gasteiger partial charge is 0.303 e. The summed E-state index contributed by atoms with van der Waals surface area (Å²) in [5, 5.41) is 17.3. The molecule has 0 saturated carbocycles. The van der Waals surface area contributed by atoms with E-state index in [-0.39, 0.29) is 23.9 Å². The van der Waals surface area contributed by atoms with Crippen molar-refractivity contribution >= 4 is 17.3 Å². The van der Waals surface area contributed by atoms with E-state index < -0.39 is 5.97 Å². The normalized spacial score (nSPS) is 12.7. The van der Waals surface area contributed by atoms with E-state index in [1.165, 1.54) is 6.07 Å². The van der Waals surface area contributed by atoms with Crippen LogP contribution in [0.15, 0.2) is 54.6 Å². The Morgan fingerprint density at radius 1 is 1.20 bits per heavy atom. The Morgan fingerprint density at radius 2 is 1.88 bits per heavy atom. The molecular formula is C21H22FNO2. The molecule has 2 aromatic carbocycles. The summed E-state index contributed by atoms with van der Waals surface area (Å²) in [4.78, 5) is 10.9. The number of hydrogen-bond acceptors (Lipinski definition) is 2. The van der Waals surface area contributed by atoms with Crippen LogP contribution in [-0.4, -0.2) is 16.8 Å². The molecule has 0 aliphatic carbocycles. The van der Waals surface area contributed by atoms with E-state index in [1.54, 1.807) is 25.1 Å². The molecule has 0 aromatic heterocycles. The van der Waals surface area contributed by atoms with Gasteiger partial charge in [0.1, 0.15) is 5.82 Å². The third-order valence-electron chi connectivity index (χ3n) is 4.20. The number of halogens is 1. The summed E-state index contributed by atoms with van der Waals surface area (Å²) in [7, 11) is 0. The van der Waals surface area contributed by atoms with Crippen molar-refractivity contribution in [1.82, 2.24) is 0 Å². The van der Waals surface area contributed by atoms with Gasteiger partial charge >= 0.3 is 5.97 Å². The summed E-state index contributed by atoms with van der Waals surface area (Å²) in [5.41, 5.74) is 3.29. The maximum Gasteiger partial charge on any atom is 0.303 e. The van der Waals surface area contributed by atoms with Gasteiger partial charge in [-0.15, -0.1) is 0 Å². The Balaban J connectivity index is 2.36. The lowest BCUT2D eigenvalue weighted by Gasteiger charge is -2.16. The number of carboxylic acid groups (broad SMARTS) is 1. The van der Waals surface area contributed by atoms with Gasteiger partial charge in [-0.1, -0.05) is 37.3 Å². The van der Waals surface area contributed by atoms with Crippen LogP contribution in [0, 0.1) is 24.1 Å². The highest BCUT2D eigenvalue weighted by atomic mass is 19.1. The monoisotopic (exact) mass is 339 g/mol. The number of rotatable bonds is 7. The standard InChI is InChI=1S/C21H22FNO2/c1-14(8-11-21(24)25)18(16-6-4-3-5-7-16)13-20(23)17-9-10-19(22)15(2)12-17/h3-7,9-10,12-14,23H,8,11H2,1-2H3,(H,24,25). The van der Waals surface area contributed by atoms with Gasteiger partial charge in [-0.3, -0.25) is 4.79 Å². The first-order valence-corrected chi connectivity index (χ1v) is 8.22. The summed E-state index contributed by atoms with van der Waals surface area (Å²) in [6, 6.07) is 14.3. The predicted molar refractivity (Wildman–Crippen MR) is 98.4 cm³/mol. The van der Waals surface area contributed by atoms with E-state index in [1.807, 2.05) is 37.3 Å². The molecule has 0 heterocycles. The maximum absolute atomic E-state index is 13.5. The highest BCUT2D eigenvalue weighted by molar-refractivity contribution is 6.10. The van der Waals surface area contributed by atoms with Gasteiger partial charge < -0.3 is 10.5 Å². The molecule has 0 radical (unpaired) electrons. The van der Waals surface area contributed by atoms with Crippen molar-refractivity contribution in [3.8, 4) is 0 Å². The third kappa shape index (κ3) is 5.11. The molecule has 2 rings (SSSR count).